The fourth-order valence-corrected chi connectivity index (χ4v) is 2.24. The molecule has 0 amide bonds. The highest BCUT2D eigenvalue weighted by atomic mass is 16.5. The molecule has 5 heteroatoms. The Bertz CT molecular complexity index is 441. The van der Waals surface area contributed by atoms with E-state index < -0.39 is 0 Å². The number of benzene rings is 1. The number of morpholine rings is 1. The van der Waals surface area contributed by atoms with Crippen LogP contribution in [0, 0.1) is 11.3 Å². The Balaban J connectivity index is 1.69. The Morgan fingerprint density at radius 2 is 2.20 bits per heavy atom. The van der Waals surface area contributed by atoms with E-state index in [1.807, 2.05) is 12.1 Å². The summed E-state index contributed by atoms with van der Waals surface area (Å²) in [6.07, 6.45) is 0.899. The molecule has 0 aromatic heterocycles. The quantitative estimate of drug-likeness (QED) is 0.786. The van der Waals surface area contributed by atoms with Crippen molar-refractivity contribution in [3.8, 4) is 11.8 Å². The monoisotopic (exact) mass is 276 g/mol. The van der Waals surface area contributed by atoms with E-state index in [-0.39, 0.29) is 12.6 Å². The first-order valence-corrected chi connectivity index (χ1v) is 6.89. The fraction of sp³-hybridized carbons (Fsp3) is 0.533. The van der Waals surface area contributed by atoms with E-state index in [1.54, 1.807) is 12.1 Å². The Labute approximate surface area is 119 Å². The zero-order chi connectivity index (χ0) is 14.2. The Kier molecular flexibility index (Phi) is 5.81. The SMILES string of the molecule is N#Cc1ccc(OCCCN2CCOCC2CO)cc1. The zero-order valence-electron chi connectivity index (χ0n) is 11.5. The van der Waals surface area contributed by atoms with Gasteiger partial charge in [-0.25, -0.2) is 0 Å². The van der Waals surface area contributed by atoms with Crippen molar-refractivity contribution in [2.24, 2.45) is 0 Å². The lowest BCUT2D eigenvalue weighted by Crippen LogP contribution is -2.47. The van der Waals surface area contributed by atoms with Gasteiger partial charge in [-0.1, -0.05) is 0 Å². The summed E-state index contributed by atoms with van der Waals surface area (Å²) in [5.74, 6) is 0.782. The van der Waals surface area contributed by atoms with Crippen molar-refractivity contribution in [1.29, 1.82) is 5.26 Å². The maximum atomic E-state index is 9.27. The van der Waals surface area contributed by atoms with Crippen LogP contribution in [0.5, 0.6) is 5.75 Å². The van der Waals surface area contributed by atoms with E-state index in [0.29, 0.717) is 18.8 Å². The third kappa shape index (κ3) is 4.20. The number of nitriles is 1. The van der Waals surface area contributed by atoms with Gasteiger partial charge < -0.3 is 14.6 Å². The minimum absolute atomic E-state index is 0.110. The molecule has 20 heavy (non-hydrogen) atoms. The van der Waals surface area contributed by atoms with Gasteiger partial charge in [0.25, 0.3) is 0 Å². The first-order valence-electron chi connectivity index (χ1n) is 6.89. The van der Waals surface area contributed by atoms with E-state index in [2.05, 4.69) is 11.0 Å². The van der Waals surface area contributed by atoms with Crippen LogP contribution in [0.2, 0.25) is 0 Å². The van der Waals surface area contributed by atoms with Gasteiger partial charge in [0.2, 0.25) is 0 Å². The summed E-state index contributed by atoms with van der Waals surface area (Å²) in [6, 6.07) is 9.30. The van der Waals surface area contributed by atoms with Gasteiger partial charge in [-0.2, -0.15) is 5.26 Å². The molecule has 1 aromatic carbocycles. The molecule has 1 unspecified atom stereocenters. The van der Waals surface area contributed by atoms with E-state index in [1.165, 1.54) is 0 Å². The first-order chi connectivity index (χ1) is 9.83. The molecule has 0 spiro atoms. The third-order valence-corrected chi connectivity index (χ3v) is 3.40. The van der Waals surface area contributed by atoms with Crippen LogP contribution in [0.1, 0.15) is 12.0 Å². The predicted molar refractivity (Wildman–Crippen MR) is 74.5 cm³/mol. The molecule has 2 rings (SSSR count). The lowest BCUT2D eigenvalue weighted by atomic mass is 10.2. The van der Waals surface area contributed by atoms with Crippen molar-refractivity contribution >= 4 is 0 Å². The van der Waals surface area contributed by atoms with Crippen LogP contribution in [0.25, 0.3) is 0 Å². The second kappa shape index (κ2) is 7.85. The van der Waals surface area contributed by atoms with Gasteiger partial charge in [-0.05, 0) is 30.7 Å². The standard InChI is InChI=1S/C15H20N2O3/c16-10-13-2-4-15(5-3-13)20-8-1-6-17-7-9-19-12-14(17)11-18/h2-5,14,18H,1,6-9,11-12H2. The maximum absolute atomic E-state index is 9.27. The number of rotatable bonds is 6. The topological polar surface area (TPSA) is 65.7 Å². The summed E-state index contributed by atoms with van der Waals surface area (Å²) in [4.78, 5) is 2.24. The number of aliphatic hydroxyl groups is 1. The summed E-state index contributed by atoms with van der Waals surface area (Å²) in [5.41, 5.74) is 0.636. The van der Waals surface area contributed by atoms with Crippen molar-refractivity contribution in [3.63, 3.8) is 0 Å². The minimum Gasteiger partial charge on any atom is -0.494 e. The first kappa shape index (κ1) is 14.8. The molecule has 1 heterocycles. The number of ether oxygens (including phenoxy) is 2. The Morgan fingerprint density at radius 1 is 1.40 bits per heavy atom. The molecule has 0 radical (unpaired) electrons. The van der Waals surface area contributed by atoms with Gasteiger partial charge in [0.15, 0.2) is 0 Å². The van der Waals surface area contributed by atoms with E-state index in [4.69, 9.17) is 14.7 Å². The van der Waals surface area contributed by atoms with Gasteiger partial charge in [0.05, 0.1) is 44.1 Å². The highest BCUT2D eigenvalue weighted by Gasteiger charge is 2.21. The Morgan fingerprint density at radius 3 is 2.90 bits per heavy atom. The van der Waals surface area contributed by atoms with Crippen LogP contribution in [0.15, 0.2) is 24.3 Å². The molecular formula is C15H20N2O3. The predicted octanol–water partition coefficient (Wildman–Crippen LogP) is 1.02. The molecule has 1 aliphatic rings. The molecule has 0 bridgehead atoms. The molecular weight excluding hydrogens is 256 g/mol. The van der Waals surface area contributed by atoms with Crippen LogP contribution in [0.4, 0.5) is 0 Å². The van der Waals surface area contributed by atoms with Crippen LogP contribution in [-0.4, -0.2) is 55.6 Å². The van der Waals surface area contributed by atoms with Crippen molar-refractivity contribution in [1.82, 2.24) is 4.90 Å². The smallest absolute Gasteiger partial charge is 0.119 e. The highest BCUT2D eigenvalue weighted by molar-refractivity contribution is 5.34. The molecule has 1 aliphatic heterocycles. The van der Waals surface area contributed by atoms with Crippen molar-refractivity contribution in [3.05, 3.63) is 29.8 Å². The van der Waals surface area contributed by atoms with Crippen molar-refractivity contribution < 1.29 is 14.6 Å². The van der Waals surface area contributed by atoms with Crippen LogP contribution < -0.4 is 4.74 Å². The van der Waals surface area contributed by atoms with Crippen LogP contribution >= 0.6 is 0 Å². The average Bonchev–Trinajstić information content (AvgIpc) is 2.52. The molecule has 5 nitrogen and oxygen atoms in total. The molecule has 1 fully saturated rings. The molecule has 1 atom stereocenters. The summed E-state index contributed by atoms with van der Waals surface area (Å²) in [7, 11) is 0. The van der Waals surface area contributed by atoms with E-state index >= 15 is 0 Å². The van der Waals surface area contributed by atoms with Gasteiger partial charge in [0, 0.05) is 13.1 Å². The summed E-state index contributed by atoms with van der Waals surface area (Å²) >= 11 is 0. The van der Waals surface area contributed by atoms with Crippen molar-refractivity contribution in [2.75, 3.05) is 39.5 Å². The van der Waals surface area contributed by atoms with Crippen LogP contribution in [0.3, 0.4) is 0 Å². The summed E-state index contributed by atoms with van der Waals surface area (Å²) < 4.78 is 11.0. The average molecular weight is 276 g/mol. The number of nitrogens with zero attached hydrogens (tertiary/aromatic N) is 2. The van der Waals surface area contributed by atoms with Crippen LogP contribution in [-0.2, 0) is 4.74 Å². The van der Waals surface area contributed by atoms with Gasteiger partial charge in [0.1, 0.15) is 5.75 Å². The number of aliphatic hydroxyl groups excluding tert-OH is 1. The lowest BCUT2D eigenvalue weighted by Gasteiger charge is -2.34. The lowest BCUT2D eigenvalue weighted by molar-refractivity contribution is -0.0287. The maximum Gasteiger partial charge on any atom is 0.119 e. The zero-order valence-corrected chi connectivity index (χ0v) is 11.5. The molecule has 108 valence electrons. The molecule has 1 saturated heterocycles. The van der Waals surface area contributed by atoms with Gasteiger partial charge in [-0.15, -0.1) is 0 Å². The molecule has 0 saturated carbocycles. The summed E-state index contributed by atoms with van der Waals surface area (Å²) in [5, 5.41) is 18.0. The van der Waals surface area contributed by atoms with Gasteiger partial charge in [-0.3, -0.25) is 4.90 Å². The fourth-order valence-electron chi connectivity index (χ4n) is 2.24. The molecule has 1 N–H and O–H groups in total. The second-order valence-electron chi connectivity index (χ2n) is 4.79. The Hall–Kier alpha value is -1.61. The molecule has 0 aliphatic carbocycles. The van der Waals surface area contributed by atoms with Gasteiger partial charge >= 0.3 is 0 Å². The molecule has 1 aromatic rings. The second-order valence-corrected chi connectivity index (χ2v) is 4.79. The van der Waals surface area contributed by atoms with Crippen molar-refractivity contribution in [2.45, 2.75) is 12.5 Å². The number of hydrogen-bond donors (Lipinski definition) is 1. The normalized spacial score (nSPS) is 19.5. The minimum atomic E-state index is 0.110. The largest absolute Gasteiger partial charge is 0.494 e. The highest BCUT2D eigenvalue weighted by Crippen LogP contribution is 2.12. The summed E-state index contributed by atoms with van der Waals surface area (Å²) in [6.45, 7) is 3.85. The van der Waals surface area contributed by atoms with E-state index in [9.17, 15) is 5.11 Å². The third-order valence-electron chi connectivity index (χ3n) is 3.40. The number of hydrogen-bond acceptors (Lipinski definition) is 5. The van der Waals surface area contributed by atoms with E-state index in [0.717, 1.165) is 31.9 Å².